The van der Waals surface area contributed by atoms with Crippen LogP contribution in [0.1, 0.15) is 65.5 Å². The minimum atomic E-state index is 0.155. The number of benzene rings is 6. The molecule has 6 rings (SSSR count). The van der Waals surface area contributed by atoms with Crippen LogP contribution in [0.25, 0.3) is 11.1 Å². The van der Waals surface area contributed by atoms with Gasteiger partial charge in [0.05, 0.1) is 0 Å². The van der Waals surface area contributed by atoms with Crippen molar-refractivity contribution in [3.8, 4) is 11.1 Å². The highest BCUT2D eigenvalue weighted by Crippen LogP contribution is 2.39. The lowest BCUT2D eigenvalue weighted by Gasteiger charge is -2.28. The first kappa shape index (κ1) is 32.8. The summed E-state index contributed by atoms with van der Waals surface area (Å²) in [5.41, 5.74) is 12.3. The van der Waals surface area contributed by atoms with Crippen LogP contribution in [-0.4, -0.2) is 0 Å². The van der Waals surface area contributed by atoms with Gasteiger partial charge in [0, 0.05) is 34.1 Å². The molecule has 0 spiro atoms. The van der Waals surface area contributed by atoms with E-state index < -0.39 is 0 Å². The average Bonchev–Trinajstić information content (AvgIpc) is 3.14. The van der Waals surface area contributed by atoms with Crippen molar-refractivity contribution in [3.05, 3.63) is 169 Å². The van der Waals surface area contributed by atoms with Gasteiger partial charge in [0.25, 0.3) is 0 Å². The second kappa shape index (κ2) is 14.0. The molecule has 6 aromatic rings. The molecular formula is C46H48N2. The topological polar surface area (TPSA) is 6.48 Å². The molecule has 0 aliphatic heterocycles. The molecule has 6 aromatic carbocycles. The van der Waals surface area contributed by atoms with E-state index in [0.717, 1.165) is 47.0 Å². The third kappa shape index (κ3) is 6.94. The molecule has 2 heteroatoms. The molecule has 2 nitrogen and oxygen atoms in total. The summed E-state index contributed by atoms with van der Waals surface area (Å²) in [6.45, 7) is 13.8. The normalized spacial score (nSPS) is 11.7. The molecule has 0 saturated carbocycles. The van der Waals surface area contributed by atoms with Crippen LogP contribution in [-0.2, 0) is 10.8 Å². The van der Waals surface area contributed by atoms with Gasteiger partial charge in [-0.25, -0.2) is 0 Å². The SMILES string of the molecule is CCC(C)(C)c1ccc(N(c2ccccc2)c2ccc(-c3ccc(N(c4ccccc4)c4ccc(C(C)(C)CC)cc4)cc3)cc2)cc1. The molecule has 242 valence electrons. The Labute approximate surface area is 288 Å². The number of rotatable bonds is 11. The van der Waals surface area contributed by atoms with E-state index in [1.54, 1.807) is 0 Å². The number of anilines is 6. The maximum atomic E-state index is 2.33. The van der Waals surface area contributed by atoms with Gasteiger partial charge in [0.15, 0.2) is 0 Å². The van der Waals surface area contributed by atoms with Gasteiger partial charge in [-0.1, -0.05) is 126 Å². The first-order valence-corrected chi connectivity index (χ1v) is 17.3. The highest BCUT2D eigenvalue weighted by Gasteiger charge is 2.21. The molecule has 0 amide bonds. The van der Waals surface area contributed by atoms with Crippen molar-refractivity contribution in [3.63, 3.8) is 0 Å². The van der Waals surface area contributed by atoms with E-state index >= 15 is 0 Å². The second-order valence-corrected chi connectivity index (χ2v) is 14.0. The van der Waals surface area contributed by atoms with Crippen molar-refractivity contribution in [1.82, 2.24) is 0 Å². The Bertz CT molecular complexity index is 1740. The van der Waals surface area contributed by atoms with Crippen LogP contribution in [0.3, 0.4) is 0 Å². The van der Waals surface area contributed by atoms with E-state index in [9.17, 15) is 0 Å². The van der Waals surface area contributed by atoms with Crippen molar-refractivity contribution in [2.75, 3.05) is 9.80 Å². The molecule has 0 saturated heterocycles. The lowest BCUT2D eigenvalue weighted by atomic mass is 9.82. The van der Waals surface area contributed by atoms with Crippen LogP contribution in [0.2, 0.25) is 0 Å². The van der Waals surface area contributed by atoms with Gasteiger partial charge < -0.3 is 9.80 Å². The highest BCUT2D eigenvalue weighted by atomic mass is 15.1. The summed E-state index contributed by atoms with van der Waals surface area (Å²) >= 11 is 0. The summed E-state index contributed by atoms with van der Waals surface area (Å²) in [4.78, 5) is 4.67. The van der Waals surface area contributed by atoms with Gasteiger partial charge >= 0.3 is 0 Å². The fourth-order valence-electron chi connectivity index (χ4n) is 6.19. The molecule has 0 bridgehead atoms. The van der Waals surface area contributed by atoms with Crippen molar-refractivity contribution in [2.24, 2.45) is 0 Å². The quantitative estimate of drug-likeness (QED) is 0.141. The van der Waals surface area contributed by atoms with Gasteiger partial charge in [-0.05, 0) is 119 Å². The molecular weight excluding hydrogens is 581 g/mol. The van der Waals surface area contributed by atoms with Crippen LogP contribution >= 0.6 is 0 Å². The van der Waals surface area contributed by atoms with Crippen LogP contribution in [0.4, 0.5) is 34.1 Å². The molecule has 0 aliphatic rings. The summed E-state index contributed by atoms with van der Waals surface area (Å²) in [5.74, 6) is 0. The molecule has 0 N–H and O–H groups in total. The fourth-order valence-corrected chi connectivity index (χ4v) is 6.19. The minimum Gasteiger partial charge on any atom is -0.311 e. The first-order valence-electron chi connectivity index (χ1n) is 17.3. The summed E-state index contributed by atoms with van der Waals surface area (Å²) in [6.07, 6.45) is 2.21. The first-order chi connectivity index (χ1) is 23.2. The maximum Gasteiger partial charge on any atom is 0.0462 e. The largest absolute Gasteiger partial charge is 0.311 e. The third-order valence-electron chi connectivity index (χ3n) is 10.2. The molecule has 0 unspecified atom stereocenters. The van der Waals surface area contributed by atoms with Gasteiger partial charge in [0.2, 0.25) is 0 Å². The van der Waals surface area contributed by atoms with E-state index in [2.05, 4.69) is 209 Å². The summed E-state index contributed by atoms with van der Waals surface area (Å²) < 4.78 is 0. The van der Waals surface area contributed by atoms with Crippen molar-refractivity contribution in [1.29, 1.82) is 0 Å². The molecule has 0 atom stereocenters. The number of para-hydroxylation sites is 2. The van der Waals surface area contributed by atoms with Crippen molar-refractivity contribution >= 4 is 34.1 Å². The summed E-state index contributed by atoms with van der Waals surface area (Å²) in [6, 6.07) is 57.3. The zero-order chi connectivity index (χ0) is 33.7. The monoisotopic (exact) mass is 628 g/mol. The predicted molar refractivity (Wildman–Crippen MR) is 208 cm³/mol. The average molecular weight is 629 g/mol. The highest BCUT2D eigenvalue weighted by molar-refractivity contribution is 5.80. The molecule has 0 heterocycles. The Morgan fingerprint density at radius 2 is 0.583 bits per heavy atom. The Morgan fingerprint density at radius 3 is 0.854 bits per heavy atom. The predicted octanol–water partition coefficient (Wildman–Crippen LogP) is 13.7. The van der Waals surface area contributed by atoms with Crippen LogP contribution < -0.4 is 9.80 Å². The molecule has 0 radical (unpaired) electrons. The zero-order valence-electron chi connectivity index (χ0n) is 29.3. The third-order valence-corrected chi connectivity index (χ3v) is 10.2. The van der Waals surface area contributed by atoms with Crippen LogP contribution in [0, 0.1) is 0 Å². The molecule has 48 heavy (non-hydrogen) atoms. The van der Waals surface area contributed by atoms with Gasteiger partial charge in [0.1, 0.15) is 0 Å². The lowest BCUT2D eigenvalue weighted by Crippen LogP contribution is -2.16. The van der Waals surface area contributed by atoms with E-state index in [4.69, 9.17) is 0 Å². The lowest BCUT2D eigenvalue weighted by molar-refractivity contribution is 0.506. The van der Waals surface area contributed by atoms with E-state index in [0.29, 0.717) is 0 Å². The number of nitrogens with zero attached hydrogens (tertiary/aromatic N) is 2. The standard InChI is InChI=1S/C46H48N2/c1-7-45(3,4)37-23-31-43(32-24-37)47(39-15-11-9-12-16-39)41-27-19-35(20-28-41)36-21-29-42(30-22-36)48(40-17-13-10-14-18-40)44-33-25-38(26-34-44)46(5,6)8-2/h9-34H,7-8H2,1-6H3. The fraction of sp³-hybridized carbons (Fsp3) is 0.217. The Morgan fingerprint density at radius 1 is 0.333 bits per heavy atom. The van der Waals surface area contributed by atoms with Crippen LogP contribution in [0.5, 0.6) is 0 Å². The van der Waals surface area contributed by atoms with Gasteiger partial charge in [-0.15, -0.1) is 0 Å². The smallest absolute Gasteiger partial charge is 0.0462 e. The van der Waals surface area contributed by atoms with Gasteiger partial charge in [-0.3, -0.25) is 0 Å². The van der Waals surface area contributed by atoms with Gasteiger partial charge in [-0.2, -0.15) is 0 Å². The molecule has 0 aliphatic carbocycles. The summed E-state index contributed by atoms with van der Waals surface area (Å²) in [7, 11) is 0. The van der Waals surface area contributed by atoms with E-state index in [1.807, 2.05) is 0 Å². The van der Waals surface area contributed by atoms with E-state index in [-0.39, 0.29) is 10.8 Å². The van der Waals surface area contributed by atoms with Crippen molar-refractivity contribution < 1.29 is 0 Å². The Balaban J connectivity index is 1.29. The zero-order valence-corrected chi connectivity index (χ0v) is 29.3. The maximum absolute atomic E-state index is 2.33. The second-order valence-electron chi connectivity index (χ2n) is 14.0. The number of hydrogen-bond acceptors (Lipinski definition) is 2. The van der Waals surface area contributed by atoms with E-state index in [1.165, 1.54) is 22.3 Å². The Kier molecular flexibility index (Phi) is 9.55. The Hall–Kier alpha value is -5.08. The molecule has 0 aromatic heterocycles. The number of hydrogen-bond donors (Lipinski definition) is 0. The minimum absolute atomic E-state index is 0.155. The van der Waals surface area contributed by atoms with Crippen molar-refractivity contribution in [2.45, 2.75) is 65.2 Å². The molecule has 0 fully saturated rings. The summed E-state index contributed by atoms with van der Waals surface area (Å²) in [5, 5.41) is 0. The van der Waals surface area contributed by atoms with Crippen LogP contribution in [0.15, 0.2) is 158 Å².